The molecule has 2 aromatic rings. The first kappa shape index (κ1) is 21.8. The number of para-hydroxylation sites is 1. The van der Waals surface area contributed by atoms with Gasteiger partial charge in [0, 0.05) is 24.7 Å². The number of piperidine rings is 1. The molecule has 0 aliphatic carbocycles. The third-order valence-corrected chi connectivity index (χ3v) is 5.41. The highest BCUT2D eigenvalue weighted by molar-refractivity contribution is 5.94. The molecule has 1 unspecified atom stereocenters. The molecule has 6 heteroatoms. The van der Waals surface area contributed by atoms with Gasteiger partial charge in [0.15, 0.2) is 6.10 Å². The Kier molecular flexibility index (Phi) is 7.08. The number of carbonyl (C=O) groups is 2. The van der Waals surface area contributed by atoms with Gasteiger partial charge in [-0.3, -0.25) is 9.59 Å². The van der Waals surface area contributed by atoms with E-state index in [1.165, 1.54) is 18.2 Å². The molecule has 1 atom stereocenters. The summed E-state index contributed by atoms with van der Waals surface area (Å²) >= 11 is 0. The minimum absolute atomic E-state index is 0.0135. The molecule has 3 rings (SSSR count). The summed E-state index contributed by atoms with van der Waals surface area (Å²) in [6.07, 6.45) is 0.696. The molecular weight excluding hydrogens is 383 g/mol. The molecule has 2 aromatic carbocycles. The lowest BCUT2D eigenvalue weighted by Gasteiger charge is -2.33. The summed E-state index contributed by atoms with van der Waals surface area (Å²) in [5, 5.41) is 3.03. The Hall–Kier alpha value is -2.89. The van der Waals surface area contributed by atoms with E-state index in [0.717, 1.165) is 11.3 Å². The lowest BCUT2D eigenvalue weighted by Crippen LogP contribution is -2.49. The Morgan fingerprint density at radius 2 is 1.77 bits per heavy atom. The number of amides is 2. The van der Waals surface area contributed by atoms with Gasteiger partial charge in [0.2, 0.25) is 0 Å². The Labute approximate surface area is 177 Å². The van der Waals surface area contributed by atoms with Crippen molar-refractivity contribution in [1.82, 2.24) is 10.2 Å². The van der Waals surface area contributed by atoms with Gasteiger partial charge in [-0.2, -0.15) is 0 Å². The predicted molar refractivity (Wildman–Crippen MR) is 114 cm³/mol. The number of benzene rings is 2. The molecule has 0 bridgehead atoms. The average molecular weight is 413 g/mol. The quantitative estimate of drug-likeness (QED) is 0.776. The van der Waals surface area contributed by atoms with E-state index in [2.05, 4.69) is 19.2 Å². The molecule has 30 heavy (non-hydrogen) atoms. The van der Waals surface area contributed by atoms with Gasteiger partial charge in [-0.1, -0.05) is 38.1 Å². The van der Waals surface area contributed by atoms with Crippen LogP contribution in [0, 0.1) is 5.82 Å². The van der Waals surface area contributed by atoms with E-state index in [0.29, 0.717) is 37.4 Å². The van der Waals surface area contributed by atoms with Crippen molar-refractivity contribution in [2.45, 2.75) is 51.7 Å². The van der Waals surface area contributed by atoms with Gasteiger partial charge in [-0.25, -0.2) is 4.39 Å². The van der Waals surface area contributed by atoms with Crippen LogP contribution in [0.25, 0.3) is 0 Å². The largest absolute Gasteiger partial charge is 0.481 e. The fourth-order valence-electron chi connectivity index (χ4n) is 3.66. The van der Waals surface area contributed by atoms with Crippen LogP contribution in [0.4, 0.5) is 4.39 Å². The maximum absolute atomic E-state index is 13.4. The van der Waals surface area contributed by atoms with Crippen molar-refractivity contribution >= 4 is 11.8 Å². The van der Waals surface area contributed by atoms with Gasteiger partial charge in [-0.15, -0.1) is 0 Å². The van der Waals surface area contributed by atoms with E-state index >= 15 is 0 Å². The molecule has 1 aliphatic heterocycles. The molecule has 0 radical (unpaired) electrons. The molecule has 1 N–H and O–H groups in total. The molecule has 2 amide bonds. The van der Waals surface area contributed by atoms with E-state index < -0.39 is 11.9 Å². The van der Waals surface area contributed by atoms with Crippen molar-refractivity contribution in [1.29, 1.82) is 0 Å². The van der Waals surface area contributed by atoms with Crippen LogP contribution >= 0.6 is 0 Å². The van der Waals surface area contributed by atoms with Crippen LogP contribution in [0.1, 0.15) is 55.5 Å². The lowest BCUT2D eigenvalue weighted by atomic mass is 10.0. The number of likely N-dealkylation sites (tertiary alicyclic amines) is 1. The number of rotatable bonds is 6. The van der Waals surface area contributed by atoms with Gasteiger partial charge in [-0.05, 0) is 55.5 Å². The highest BCUT2D eigenvalue weighted by Gasteiger charge is 2.26. The molecule has 5 nitrogen and oxygen atoms in total. The second kappa shape index (κ2) is 9.74. The summed E-state index contributed by atoms with van der Waals surface area (Å²) in [5.74, 6) is 0.267. The number of ether oxygens (including phenoxy) is 1. The molecule has 0 spiro atoms. The van der Waals surface area contributed by atoms with Gasteiger partial charge in [0.05, 0.1) is 0 Å². The first-order valence-electron chi connectivity index (χ1n) is 10.5. The number of hydrogen-bond donors (Lipinski definition) is 1. The van der Waals surface area contributed by atoms with Crippen LogP contribution in [0.2, 0.25) is 0 Å². The zero-order valence-corrected chi connectivity index (χ0v) is 17.7. The summed E-state index contributed by atoms with van der Waals surface area (Å²) in [4.78, 5) is 26.8. The third-order valence-electron chi connectivity index (χ3n) is 5.41. The second-order valence-electron chi connectivity index (χ2n) is 8.04. The Bertz CT molecular complexity index is 892. The van der Waals surface area contributed by atoms with E-state index in [-0.39, 0.29) is 17.9 Å². The normalized spacial score (nSPS) is 15.7. The third kappa shape index (κ3) is 5.38. The topological polar surface area (TPSA) is 58.6 Å². The monoisotopic (exact) mass is 412 g/mol. The zero-order chi connectivity index (χ0) is 21.7. The number of nitrogens with one attached hydrogen (secondary N) is 1. The van der Waals surface area contributed by atoms with E-state index in [1.54, 1.807) is 17.9 Å². The highest BCUT2D eigenvalue weighted by atomic mass is 19.1. The molecule has 0 aromatic heterocycles. The number of carbonyl (C=O) groups excluding carboxylic acids is 2. The van der Waals surface area contributed by atoms with E-state index in [4.69, 9.17) is 4.74 Å². The van der Waals surface area contributed by atoms with Crippen LogP contribution in [-0.2, 0) is 4.79 Å². The Morgan fingerprint density at radius 1 is 1.07 bits per heavy atom. The fraction of sp³-hybridized carbons (Fsp3) is 0.417. The van der Waals surface area contributed by atoms with Gasteiger partial charge < -0.3 is 15.0 Å². The van der Waals surface area contributed by atoms with Crippen molar-refractivity contribution in [3.63, 3.8) is 0 Å². The number of halogens is 1. The highest BCUT2D eigenvalue weighted by Crippen LogP contribution is 2.26. The van der Waals surface area contributed by atoms with Crippen LogP contribution in [0.5, 0.6) is 5.75 Å². The summed E-state index contributed by atoms with van der Waals surface area (Å²) in [7, 11) is 0. The maximum atomic E-state index is 13.4. The maximum Gasteiger partial charge on any atom is 0.260 e. The predicted octanol–water partition coefficient (Wildman–Crippen LogP) is 4.14. The Balaban J connectivity index is 1.51. The fourth-order valence-corrected chi connectivity index (χ4v) is 3.66. The lowest BCUT2D eigenvalue weighted by molar-refractivity contribution is -0.128. The average Bonchev–Trinajstić information content (AvgIpc) is 2.74. The SMILES string of the molecule is CC(Oc1ccccc1C(C)C)C(=O)NC1CCN(C(=O)c2cccc(F)c2)CC1. The summed E-state index contributed by atoms with van der Waals surface area (Å²) < 4.78 is 19.3. The molecule has 1 saturated heterocycles. The van der Waals surface area contributed by atoms with E-state index in [9.17, 15) is 14.0 Å². The smallest absolute Gasteiger partial charge is 0.260 e. The first-order valence-corrected chi connectivity index (χ1v) is 10.5. The van der Waals surface area contributed by atoms with Crippen LogP contribution in [0.3, 0.4) is 0 Å². The summed E-state index contributed by atoms with van der Waals surface area (Å²) in [6.45, 7) is 6.96. The molecule has 160 valence electrons. The van der Waals surface area contributed by atoms with Gasteiger partial charge in [0.1, 0.15) is 11.6 Å². The van der Waals surface area contributed by atoms with Gasteiger partial charge in [0.25, 0.3) is 11.8 Å². The Morgan fingerprint density at radius 3 is 2.43 bits per heavy atom. The van der Waals surface area contributed by atoms with Crippen LogP contribution in [0.15, 0.2) is 48.5 Å². The number of hydrogen-bond acceptors (Lipinski definition) is 3. The second-order valence-corrected chi connectivity index (χ2v) is 8.04. The first-order chi connectivity index (χ1) is 14.3. The van der Waals surface area contributed by atoms with Crippen LogP contribution in [-0.4, -0.2) is 41.9 Å². The van der Waals surface area contributed by atoms with Crippen molar-refractivity contribution in [2.24, 2.45) is 0 Å². The standard InChI is InChI=1S/C24H29FN2O3/c1-16(2)21-9-4-5-10-22(21)30-17(3)23(28)26-20-11-13-27(14-12-20)24(29)18-7-6-8-19(25)15-18/h4-10,15-17,20H,11-14H2,1-3H3,(H,26,28). The van der Waals surface area contributed by atoms with Crippen molar-refractivity contribution in [2.75, 3.05) is 13.1 Å². The van der Waals surface area contributed by atoms with Crippen LogP contribution < -0.4 is 10.1 Å². The van der Waals surface area contributed by atoms with Crippen molar-refractivity contribution in [3.8, 4) is 5.75 Å². The minimum atomic E-state index is -0.614. The number of nitrogens with zero attached hydrogens (tertiary/aromatic N) is 1. The molecule has 1 aliphatic rings. The van der Waals surface area contributed by atoms with Gasteiger partial charge >= 0.3 is 0 Å². The van der Waals surface area contributed by atoms with E-state index in [1.807, 2.05) is 24.3 Å². The molecule has 0 saturated carbocycles. The van der Waals surface area contributed by atoms with Crippen molar-refractivity contribution < 1.29 is 18.7 Å². The summed E-state index contributed by atoms with van der Waals surface area (Å²) in [6, 6.07) is 13.5. The zero-order valence-electron chi connectivity index (χ0n) is 17.7. The molecule has 1 heterocycles. The summed E-state index contributed by atoms with van der Waals surface area (Å²) in [5.41, 5.74) is 1.42. The minimum Gasteiger partial charge on any atom is -0.481 e. The van der Waals surface area contributed by atoms with Crippen molar-refractivity contribution in [3.05, 3.63) is 65.5 Å². The molecular formula is C24H29FN2O3. The molecule has 1 fully saturated rings.